The van der Waals surface area contributed by atoms with E-state index in [2.05, 4.69) is 32.5 Å². The largest absolute Gasteiger partial charge is 0.504 e. The maximum Gasteiger partial charge on any atom is 0.337 e. The predicted molar refractivity (Wildman–Crippen MR) is 120 cm³/mol. The number of aromatic hydroxyl groups is 1. The van der Waals surface area contributed by atoms with Crippen molar-refractivity contribution in [2.75, 3.05) is 7.11 Å². The van der Waals surface area contributed by atoms with Crippen molar-refractivity contribution >= 4 is 17.6 Å². The third-order valence-corrected chi connectivity index (χ3v) is 5.63. The minimum absolute atomic E-state index is 0.0170. The van der Waals surface area contributed by atoms with Crippen LogP contribution in [0.2, 0.25) is 0 Å². The van der Waals surface area contributed by atoms with Gasteiger partial charge in [0.15, 0.2) is 11.4 Å². The molecule has 164 valence electrons. The summed E-state index contributed by atoms with van der Waals surface area (Å²) in [5, 5.41) is 19.4. The number of hydrogen-bond acceptors (Lipinski definition) is 6. The molecule has 8 heteroatoms. The van der Waals surface area contributed by atoms with Gasteiger partial charge in [-0.25, -0.2) is 10.2 Å². The molecule has 1 amide bonds. The molecule has 0 saturated carbocycles. The third-order valence-electron chi connectivity index (χ3n) is 5.63. The number of aromatic nitrogens is 2. The Morgan fingerprint density at radius 1 is 1.09 bits per heavy atom. The van der Waals surface area contributed by atoms with E-state index in [9.17, 15) is 14.7 Å². The molecular formula is C24H24N4O4. The summed E-state index contributed by atoms with van der Waals surface area (Å²) in [4.78, 5) is 23.9. The van der Waals surface area contributed by atoms with E-state index in [1.54, 1.807) is 18.7 Å². The lowest BCUT2D eigenvalue weighted by atomic mass is 10.0. The number of esters is 1. The SMILES string of the molecule is COC(=O)c1ccc(C(=O)N/N=C(\C)c2nn(C)c(-c3ccc4c(c3)CCC4)c2O)cc1. The van der Waals surface area contributed by atoms with Crippen molar-refractivity contribution in [2.24, 2.45) is 12.1 Å². The fraction of sp³-hybridized carbons (Fsp3) is 0.250. The van der Waals surface area contributed by atoms with Gasteiger partial charge in [-0.05, 0) is 67.6 Å². The molecule has 32 heavy (non-hydrogen) atoms. The molecule has 0 aliphatic heterocycles. The van der Waals surface area contributed by atoms with Gasteiger partial charge >= 0.3 is 5.97 Å². The van der Waals surface area contributed by atoms with Crippen LogP contribution in [0.1, 0.15) is 50.9 Å². The van der Waals surface area contributed by atoms with Crippen LogP contribution in [-0.2, 0) is 24.6 Å². The number of hydrazone groups is 1. The second kappa shape index (κ2) is 8.66. The standard InChI is InChI=1S/C24H24N4O4/c1-14(25-26-23(30)16-8-10-17(11-9-16)24(31)32-3)20-22(29)21(28(2)27-20)19-12-7-15-5-4-6-18(15)13-19/h7-13,29H,4-6H2,1-3H3,(H,26,30)/b25-14+. The molecule has 1 aromatic heterocycles. The summed E-state index contributed by atoms with van der Waals surface area (Å²) in [7, 11) is 3.06. The Morgan fingerprint density at radius 3 is 2.50 bits per heavy atom. The highest BCUT2D eigenvalue weighted by atomic mass is 16.5. The summed E-state index contributed by atoms with van der Waals surface area (Å²) in [5.41, 5.74) is 7.97. The zero-order valence-corrected chi connectivity index (χ0v) is 18.2. The van der Waals surface area contributed by atoms with Crippen LogP contribution in [0.25, 0.3) is 11.3 Å². The van der Waals surface area contributed by atoms with Gasteiger partial charge in [-0.1, -0.05) is 12.1 Å². The fourth-order valence-corrected chi connectivity index (χ4v) is 3.93. The first-order valence-electron chi connectivity index (χ1n) is 10.3. The van der Waals surface area contributed by atoms with E-state index < -0.39 is 11.9 Å². The number of nitrogens with zero attached hydrogens (tertiary/aromatic N) is 3. The molecule has 0 radical (unpaired) electrons. The quantitative estimate of drug-likeness (QED) is 0.366. The molecule has 4 rings (SSSR count). The molecule has 8 nitrogen and oxygen atoms in total. The summed E-state index contributed by atoms with van der Waals surface area (Å²) in [6.07, 6.45) is 3.29. The topological polar surface area (TPSA) is 106 Å². The Balaban J connectivity index is 1.53. The lowest BCUT2D eigenvalue weighted by molar-refractivity contribution is 0.0600. The van der Waals surface area contributed by atoms with E-state index >= 15 is 0 Å². The minimum atomic E-state index is -0.476. The van der Waals surface area contributed by atoms with Crippen molar-refractivity contribution in [1.82, 2.24) is 15.2 Å². The predicted octanol–water partition coefficient (Wildman–Crippen LogP) is 3.22. The van der Waals surface area contributed by atoms with Crippen LogP contribution in [0.15, 0.2) is 47.6 Å². The van der Waals surface area contributed by atoms with E-state index in [0.717, 1.165) is 24.8 Å². The number of aryl methyl sites for hydroxylation is 3. The first-order valence-corrected chi connectivity index (χ1v) is 10.3. The number of benzene rings is 2. The molecular weight excluding hydrogens is 408 g/mol. The van der Waals surface area contributed by atoms with Gasteiger partial charge < -0.3 is 9.84 Å². The van der Waals surface area contributed by atoms with Gasteiger partial charge in [-0.2, -0.15) is 10.2 Å². The van der Waals surface area contributed by atoms with E-state index in [4.69, 9.17) is 0 Å². The molecule has 1 aliphatic carbocycles. The maximum absolute atomic E-state index is 12.4. The van der Waals surface area contributed by atoms with Crippen molar-refractivity contribution in [3.63, 3.8) is 0 Å². The first kappa shape index (κ1) is 21.3. The van der Waals surface area contributed by atoms with Crippen LogP contribution in [0, 0.1) is 0 Å². The smallest absolute Gasteiger partial charge is 0.337 e. The van der Waals surface area contributed by atoms with Gasteiger partial charge in [0.05, 0.1) is 18.4 Å². The highest BCUT2D eigenvalue weighted by molar-refractivity contribution is 6.02. The number of carbonyl (C=O) groups excluding carboxylic acids is 2. The van der Waals surface area contributed by atoms with Crippen molar-refractivity contribution in [2.45, 2.75) is 26.2 Å². The van der Waals surface area contributed by atoms with E-state index in [-0.39, 0.29) is 5.75 Å². The second-order valence-electron chi connectivity index (χ2n) is 7.71. The first-order chi connectivity index (χ1) is 15.4. The lowest BCUT2D eigenvalue weighted by Crippen LogP contribution is -2.19. The van der Waals surface area contributed by atoms with Gasteiger partial charge in [-0.15, -0.1) is 0 Å². The monoisotopic (exact) mass is 432 g/mol. The molecule has 0 atom stereocenters. The number of ether oxygens (including phenoxy) is 1. The van der Waals surface area contributed by atoms with Crippen molar-refractivity contribution in [1.29, 1.82) is 0 Å². The average molecular weight is 432 g/mol. The van der Waals surface area contributed by atoms with Gasteiger partial charge in [0.2, 0.25) is 0 Å². The lowest BCUT2D eigenvalue weighted by Gasteiger charge is -2.06. The number of carbonyl (C=O) groups is 2. The Morgan fingerprint density at radius 2 is 1.78 bits per heavy atom. The van der Waals surface area contributed by atoms with E-state index in [1.165, 1.54) is 42.5 Å². The van der Waals surface area contributed by atoms with E-state index in [0.29, 0.717) is 28.2 Å². The number of amides is 1. The summed E-state index contributed by atoms with van der Waals surface area (Å²) in [6.45, 7) is 1.66. The Bertz CT molecular complexity index is 1230. The Labute approximate surface area is 185 Å². The minimum Gasteiger partial charge on any atom is -0.504 e. The summed E-state index contributed by atoms with van der Waals surface area (Å²) in [6, 6.07) is 12.2. The summed E-state index contributed by atoms with van der Waals surface area (Å²) in [5.74, 6) is -0.908. The summed E-state index contributed by atoms with van der Waals surface area (Å²) < 4.78 is 6.27. The van der Waals surface area contributed by atoms with E-state index in [1.807, 2.05) is 6.07 Å². The zero-order valence-electron chi connectivity index (χ0n) is 18.2. The van der Waals surface area contributed by atoms with Crippen LogP contribution in [0.5, 0.6) is 5.75 Å². The number of hydrogen-bond donors (Lipinski definition) is 2. The Kier molecular flexibility index (Phi) is 5.77. The molecule has 0 spiro atoms. The normalized spacial score (nSPS) is 13.0. The third kappa shape index (κ3) is 3.99. The molecule has 0 bridgehead atoms. The van der Waals surface area contributed by atoms with Gasteiger partial charge in [0, 0.05) is 18.2 Å². The second-order valence-corrected chi connectivity index (χ2v) is 7.71. The van der Waals surface area contributed by atoms with Gasteiger partial charge in [-0.3, -0.25) is 9.48 Å². The number of nitrogens with one attached hydrogen (secondary N) is 1. The average Bonchev–Trinajstić information content (AvgIpc) is 3.39. The molecule has 1 heterocycles. The number of rotatable bonds is 5. The highest BCUT2D eigenvalue weighted by Crippen LogP contribution is 2.34. The van der Waals surface area contributed by atoms with Crippen LogP contribution in [-0.4, -0.2) is 39.6 Å². The summed E-state index contributed by atoms with van der Waals surface area (Å²) >= 11 is 0. The molecule has 2 N–H and O–H groups in total. The highest BCUT2D eigenvalue weighted by Gasteiger charge is 2.21. The van der Waals surface area contributed by atoms with Gasteiger partial charge in [0.1, 0.15) is 5.69 Å². The Hall–Kier alpha value is -3.94. The van der Waals surface area contributed by atoms with Crippen LogP contribution in [0.4, 0.5) is 0 Å². The van der Waals surface area contributed by atoms with Crippen LogP contribution < -0.4 is 5.43 Å². The molecule has 0 unspecified atom stereocenters. The zero-order chi connectivity index (χ0) is 22.8. The van der Waals surface area contributed by atoms with Crippen molar-refractivity contribution in [3.05, 3.63) is 70.4 Å². The molecule has 3 aromatic rings. The van der Waals surface area contributed by atoms with Crippen molar-refractivity contribution < 1.29 is 19.4 Å². The molecule has 1 aliphatic rings. The number of methoxy groups -OCH3 is 1. The van der Waals surface area contributed by atoms with Crippen molar-refractivity contribution in [3.8, 4) is 17.0 Å². The molecule has 2 aromatic carbocycles. The molecule has 0 saturated heterocycles. The fourth-order valence-electron chi connectivity index (χ4n) is 3.93. The maximum atomic E-state index is 12.4. The number of fused-ring (bicyclic) bond motifs is 1. The van der Waals surface area contributed by atoms with Crippen LogP contribution >= 0.6 is 0 Å². The van der Waals surface area contributed by atoms with Gasteiger partial charge in [0.25, 0.3) is 5.91 Å². The molecule has 0 fully saturated rings. The van der Waals surface area contributed by atoms with Crippen LogP contribution in [0.3, 0.4) is 0 Å².